The highest BCUT2D eigenvalue weighted by Gasteiger charge is 2.23. The molecule has 11 heteroatoms. The summed E-state index contributed by atoms with van der Waals surface area (Å²) in [7, 11) is 1.58. The molecule has 1 aliphatic rings. The molecule has 9 nitrogen and oxygen atoms in total. The summed E-state index contributed by atoms with van der Waals surface area (Å²) in [5, 5.41) is 22.8. The molecule has 4 aromatic rings. The zero-order valence-corrected chi connectivity index (χ0v) is 24.7. The van der Waals surface area contributed by atoms with Gasteiger partial charge in [-0.2, -0.15) is 5.10 Å². The van der Waals surface area contributed by atoms with Crippen molar-refractivity contribution in [3.8, 4) is 28.3 Å². The zero-order valence-electron chi connectivity index (χ0n) is 23.2. The van der Waals surface area contributed by atoms with Gasteiger partial charge in [0.25, 0.3) is 11.5 Å². The van der Waals surface area contributed by atoms with E-state index in [1.807, 2.05) is 43.3 Å². The Morgan fingerprint density at radius 1 is 1.07 bits per heavy atom. The molecule has 5 rings (SSSR count). The van der Waals surface area contributed by atoms with E-state index in [9.17, 15) is 14.7 Å². The second-order valence-electron chi connectivity index (χ2n) is 10.2. The molecule has 2 heterocycles. The number of aliphatic hydroxyl groups is 1. The fourth-order valence-electron chi connectivity index (χ4n) is 5.29. The van der Waals surface area contributed by atoms with Gasteiger partial charge >= 0.3 is 0 Å². The summed E-state index contributed by atoms with van der Waals surface area (Å²) in [5.74, 6) is -0.162. The molecule has 1 aliphatic carbocycles. The van der Waals surface area contributed by atoms with Crippen LogP contribution in [-0.2, 0) is 6.54 Å². The normalized spacial score (nSPS) is 16.7. The molecule has 1 saturated carbocycles. The van der Waals surface area contributed by atoms with Crippen molar-refractivity contribution >= 4 is 34.8 Å². The van der Waals surface area contributed by atoms with Gasteiger partial charge in [-0.05, 0) is 43.0 Å². The second kappa shape index (κ2) is 13.0. The van der Waals surface area contributed by atoms with Gasteiger partial charge in [0.2, 0.25) is 5.88 Å². The van der Waals surface area contributed by atoms with E-state index in [1.165, 1.54) is 6.20 Å². The van der Waals surface area contributed by atoms with Crippen molar-refractivity contribution in [3.05, 3.63) is 91.8 Å². The van der Waals surface area contributed by atoms with Crippen molar-refractivity contribution in [2.75, 3.05) is 12.4 Å². The summed E-state index contributed by atoms with van der Waals surface area (Å²) < 4.78 is 5.62. The van der Waals surface area contributed by atoms with E-state index < -0.39 is 11.5 Å². The molecular weight excluding hydrogens is 577 g/mol. The van der Waals surface area contributed by atoms with Crippen LogP contribution in [0.25, 0.3) is 22.4 Å². The highest BCUT2D eigenvalue weighted by Crippen LogP contribution is 2.39. The first-order valence-corrected chi connectivity index (χ1v) is 14.4. The predicted octanol–water partition coefficient (Wildman–Crippen LogP) is 5.77. The third-order valence-electron chi connectivity index (χ3n) is 7.60. The van der Waals surface area contributed by atoms with Gasteiger partial charge in [-0.25, -0.2) is 10.1 Å². The third kappa shape index (κ3) is 6.19. The number of nitrogens with one attached hydrogen (secondary N) is 3. The number of hydrogen-bond acceptors (Lipinski definition) is 7. The largest absolute Gasteiger partial charge is 0.481 e. The summed E-state index contributed by atoms with van der Waals surface area (Å²) in [4.78, 5) is 29.8. The molecule has 0 saturated heterocycles. The molecule has 0 spiro atoms. The van der Waals surface area contributed by atoms with Gasteiger partial charge < -0.3 is 20.5 Å². The van der Waals surface area contributed by atoms with Crippen molar-refractivity contribution < 1.29 is 14.6 Å². The first-order valence-electron chi connectivity index (χ1n) is 13.7. The topological polar surface area (TPSA) is 129 Å². The van der Waals surface area contributed by atoms with Gasteiger partial charge in [-0.15, -0.1) is 0 Å². The fourth-order valence-corrected chi connectivity index (χ4v) is 5.84. The smallest absolute Gasteiger partial charge is 0.278 e. The monoisotopic (exact) mass is 607 g/mol. The average molecular weight is 609 g/mol. The predicted molar refractivity (Wildman–Crippen MR) is 164 cm³/mol. The molecule has 218 valence electrons. The number of halogens is 2. The van der Waals surface area contributed by atoms with Crippen LogP contribution in [0.2, 0.25) is 10.0 Å². The minimum absolute atomic E-state index is 0.0443. The van der Waals surface area contributed by atoms with Crippen molar-refractivity contribution in [2.45, 2.75) is 51.3 Å². The lowest BCUT2D eigenvalue weighted by molar-refractivity contribution is 0.0901. The summed E-state index contributed by atoms with van der Waals surface area (Å²) in [5.41, 5.74) is 4.17. The first kappa shape index (κ1) is 29.7. The second-order valence-corrected chi connectivity index (χ2v) is 11.0. The van der Waals surface area contributed by atoms with E-state index in [4.69, 9.17) is 32.9 Å². The lowest BCUT2D eigenvalue weighted by Gasteiger charge is -2.28. The van der Waals surface area contributed by atoms with E-state index in [0.717, 1.165) is 53.5 Å². The fraction of sp³-hybridized carbons (Fsp3) is 0.290. The number of pyridine rings is 1. The Balaban J connectivity index is 1.42. The summed E-state index contributed by atoms with van der Waals surface area (Å²) in [6.45, 7) is 2.39. The van der Waals surface area contributed by atoms with Gasteiger partial charge in [-0.1, -0.05) is 72.4 Å². The molecule has 42 heavy (non-hydrogen) atoms. The molecule has 2 aromatic carbocycles. The lowest BCUT2D eigenvalue weighted by Crippen LogP contribution is -2.41. The summed E-state index contributed by atoms with van der Waals surface area (Å²) >= 11 is 13.0. The maximum Gasteiger partial charge on any atom is 0.278 e. The molecule has 0 aliphatic heterocycles. The van der Waals surface area contributed by atoms with Crippen LogP contribution in [0.3, 0.4) is 0 Å². The Labute approximate surface area is 253 Å². The lowest BCUT2D eigenvalue weighted by atomic mass is 9.92. The number of rotatable bonds is 8. The number of ether oxygens (including phenoxy) is 1. The first-order chi connectivity index (χ1) is 20.3. The van der Waals surface area contributed by atoms with Crippen LogP contribution >= 0.6 is 23.2 Å². The number of carbonyl (C=O) groups excluding carboxylic acids is 1. The Hall–Kier alpha value is -3.76. The minimum Gasteiger partial charge on any atom is -0.481 e. The van der Waals surface area contributed by atoms with Crippen molar-refractivity contribution in [1.82, 2.24) is 20.5 Å². The number of aliphatic hydroxyl groups excluding tert-OH is 1. The van der Waals surface area contributed by atoms with Crippen LogP contribution in [0.15, 0.2) is 59.5 Å². The number of carbonyl (C=O) groups is 1. The van der Waals surface area contributed by atoms with E-state index >= 15 is 0 Å². The number of methoxy groups -OCH3 is 1. The Morgan fingerprint density at radius 3 is 2.57 bits per heavy atom. The maximum absolute atomic E-state index is 12.9. The van der Waals surface area contributed by atoms with Gasteiger partial charge in [-0.3, -0.25) is 9.59 Å². The molecule has 4 N–H and O–H groups in total. The Kier molecular flexibility index (Phi) is 9.23. The molecule has 0 unspecified atom stereocenters. The molecule has 1 amide bonds. The van der Waals surface area contributed by atoms with Gasteiger partial charge in [0.05, 0.1) is 35.1 Å². The number of nitrogens with zero attached hydrogens (tertiary/aromatic N) is 2. The van der Waals surface area contributed by atoms with Crippen LogP contribution in [0.4, 0.5) is 5.69 Å². The van der Waals surface area contributed by atoms with Gasteiger partial charge in [0, 0.05) is 35.0 Å². The SMILES string of the molecule is COc1nc(-c2cccc(-c3cccc(NC(=O)c4c(Cl)cn[nH]c4=O)c3C)c2Cl)ccc1CN[C@@H]1CCCC[C@@H]1O. The van der Waals surface area contributed by atoms with Crippen LogP contribution < -0.4 is 20.9 Å². The van der Waals surface area contributed by atoms with Crippen LogP contribution in [0, 0.1) is 6.92 Å². The number of anilines is 1. The summed E-state index contributed by atoms with van der Waals surface area (Å²) in [6.07, 6.45) is 4.78. The number of H-pyrrole nitrogens is 1. The van der Waals surface area contributed by atoms with E-state index in [-0.39, 0.29) is 22.7 Å². The highest BCUT2D eigenvalue weighted by atomic mass is 35.5. The Morgan fingerprint density at radius 2 is 1.81 bits per heavy atom. The quantitative estimate of drug-likeness (QED) is 0.200. The number of amides is 1. The molecule has 0 bridgehead atoms. The van der Waals surface area contributed by atoms with Gasteiger partial charge in [0.1, 0.15) is 5.56 Å². The van der Waals surface area contributed by atoms with Crippen LogP contribution in [0.5, 0.6) is 5.88 Å². The molecule has 2 atom stereocenters. The minimum atomic E-state index is -0.680. The molecular formula is C31H31Cl2N5O4. The van der Waals surface area contributed by atoms with Crippen molar-refractivity contribution in [1.29, 1.82) is 0 Å². The maximum atomic E-state index is 12.9. The average Bonchev–Trinajstić information content (AvgIpc) is 2.98. The van der Waals surface area contributed by atoms with Gasteiger partial charge in [0.15, 0.2) is 0 Å². The number of aromatic nitrogens is 3. The Bertz CT molecular complexity index is 1680. The summed E-state index contributed by atoms with van der Waals surface area (Å²) in [6, 6.07) is 15.0. The number of hydrogen-bond donors (Lipinski definition) is 4. The molecule has 0 radical (unpaired) electrons. The highest BCUT2D eigenvalue weighted by molar-refractivity contribution is 6.36. The molecule has 2 aromatic heterocycles. The van der Waals surface area contributed by atoms with Crippen LogP contribution in [0.1, 0.15) is 47.2 Å². The van der Waals surface area contributed by atoms with E-state index in [0.29, 0.717) is 28.8 Å². The number of aromatic amines is 1. The number of benzene rings is 2. The van der Waals surface area contributed by atoms with E-state index in [1.54, 1.807) is 19.2 Å². The van der Waals surface area contributed by atoms with Crippen LogP contribution in [-0.4, -0.2) is 45.5 Å². The standard InChI is InChI=1S/C31H31Cl2N5O4/c1-17-19(7-6-11-23(17)36-29(40)27-22(32)16-35-38-30(27)41)20-8-5-9-21(28(20)33)24-14-13-18(31(37-24)42-2)15-34-25-10-3-4-12-26(25)39/h5-9,11,13-14,16,25-26,34,39H,3-4,10,12,15H2,1-2H3,(H,36,40)(H,38,41)/t25-,26+/m1/s1. The zero-order chi connectivity index (χ0) is 29.8. The van der Waals surface area contributed by atoms with Crippen molar-refractivity contribution in [3.63, 3.8) is 0 Å². The van der Waals surface area contributed by atoms with Crippen molar-refractivity contribution in [2.24, 2.45) is 0 Å². The molecule has 1 fully saturated rings. The third-order valence-corrected chi connectivity index (χ3v) is 8.29. The van der Waals surface area contributed by atoms with E-state index in [2.05, 4.69) is 20.8 Å².